The van der Waals surface area contributed by atoms with E-state index in [1.54, 1.807) is 0 Å². The molecule has 4 rings (SSSR count). The molecule has 36 heavy (non-hydrogen) atoms. The number of pyridine rings is 1. The number of fused-ring (bicyclic) bond motifs is 1. The van der Waals surface area contributed by atoms with Gasteiger partial charge in [0.1, 0.15) is 5.69 Å². The minimum Gasteiger partial charge on any atom is -0.381 e. The minimum atomic E-state index is 0.313. The largest absolute Gasteiger partial charge is 0.381 e. The highest BCUT2D eigenvalue weighted by Crippen LogP contribution is 2.28. The van der Waals surface area contributed by atoms with Crippen LogP contribution in [0.2, 0.25) is 0 Å². The summed E-state index contributed by atoms with van der Waals surface area (Å²) in [5.74, 6) is 2.70. The van der Waals surface area contributed by atoms with E-state index in [1.165, 1.54) is 44.3 Å². The van der Waals surface area contributed by atoms with E-state index < -0.39 is 0 Å². The van der Waals surface area contributed by atoms with Gasteiger partial charge in [0.15, 0.2) is 0 Å². The van der Waals surface area contributed by atoms with Gasteiger partial charge in [0.05, 0.1) is 17.8 Å². The van der Waals surface area contributed by atoms with Crippen molar-refractivity contribution < 1.29 is 0 Å². The number of terminal acetylenes is 1. The normalized spacial score (nSPS) is 15.5. The fraction of sp³-hybridized carbons (Fsp3) is 0.467. The van der Waals surface area contributed by atoms with Gasteiger partial charge in [-0.05, 0) is 75.1 Å². The van der Waals surface area contributed by atoms with E-state index in [0.29, 0.717) is 12.6 Å². The van der Waals surface area contributed by atoms with E-state index in [4.69, 9.17) is 6.42 Å². The third-order valence-corrected chi connectivity index (χ3v) is 7.17. The summed E-state index contributed by atoms with van der Waals surface area (Å²) in [6, 6.07) is 9.04. The van der Waals surface area contributed by atoms with Crippen LogP contribution in [0, 0.1) is 12.3 Å². The first-order valence-corrected chi connectivity index (χ1v) is 13.3. The lowest BCUT2D eigenvalue weighted by Gasteiger charge is -2.22. The van der Waals surface area contributed by atoms with Crippen LogP contribution in [0.5, 0.6) is 0 Å². The second-order valence-electron chi connectivity index (χ2n) is 10.1. The van der Waals surface area contributed by atoms with Crippen LogP contribution < -0.4 is 5.32 Å². The van der Waals surface area contributed by atoms with Crippen molar-refractivity contribution in [3.05, 3.63) is 54.5 Å². The van der Waals surface area contributed by atoms with E-state index in [-0.39, 0.29) is 0 Å². The Morgan fingerprint density at radius 3 is 2.75 bits per heavy atom. The molecule has 0 aliphatic carbocycles. The first-order chi connectivity index (χ1) is 17.6. The van der Waals surface area contributed by atoms with Crippen LogP contribution in [0.3, 0.4) is 0 Å². The van der Waals surface area contributed by atoms with Crippen molar-refractivity contribution in [2.24, 2.45) is 0 Å². The Balaban J connectivity index is 1.49. The van der Waals surface area contributed by atoms with Gasteiger partial charge < -0.3 is 5.32 Å². The molecule has 6 nitrogen and oxygen atoms in total. The van der Waals surface area contributed by atoms with Gasteiger partial charge in [-0.25, -0.2) is 0 Å². The molecule has 0 bridgehead atoms. The molecule has 3 aromatic rings. The molecule has 0 radical (unpaired) electrons. The minimum absolute atomic E-state index is 0.313. The zero-order valence-electron chi connectivity index (χ0n) is 21.9. The van der Waals surface area contributed by atoms with Gasteiger partial charge in [0.25, 0.3) is 0 Å². The van der Waals surface area contributed by atoms with Gasteiger partial charge in [-0.1, -0.05) is 38.3 Å². The summed E-state index contributed by atoms with van der Waals surface area (Å²) < 4.78 is 0. The lowest BCUT2D eigenvalue weighted by Crippen LogP contribution is -2.31. The Morgan fingerprint density at radius 1 is 1.19 bits per heavy atom. The summed E-state index contributed by atoms with van der Waals surface area (Å²) in [6.45, 7) is 11.5. The molecule has 1 aliphatic heterocycles. The molecule has 0 saturated carbocycles. The molecule has 6 heteroatoms. The van der Waals surface area contributed by atoms with Gasteiger partial charge in [-0.15, -0.1) is 6.42 Å². The second-order valence-corrected chi connectivity index (χ2v) is 10.1. The Labute approximate surface area is 216 Å². The fourth-order valence-electron chi connectivity index (χ4n) is 5.01. The van der Waals surface area contributed by atoms with Crippen molar-refractivity contribution in [3.8, 4) is 23.5 Å². The zero-order chi connectivity index (χ0) is 25.3. The molecular weight excluding hydrogens is 444 g/mol. The Hall–Kier alpha value is -3.14. The van der Waals surface area contributed by atoms with Gasteiger partial charge >= 0.3 is 0 Å². The van der Waals surface area contributed by atoms with Crippen molar-refractivity contribution in [2.45, 2.75) is 58.0 Å². The van der Waals surface area contributed by atoms with Crippen molar-refractivity contribution in [1.82, 2.24) is 30.3 Å². The molecule has 1 atom stereocenters. The van der Waals surface area contributed by atoms with E-state index in [1.807, 2.05) is 12.4 Å². The van der Waals surface area contributed by atoms with Crippen molar-refractivity contribution in [3.63, 3.8) is 0 Å². The number of H-pyrrole nitrogens is 1. The fourth-order valence-corrected chi connectivity index (χ4v) is 5.01. The van der Waals surface area contributed by atoms with Gasteiger partial charge in [-0.2, -0.15) is 5.10 Å². The standard InChI is InChI=1S/C30H40N6/c1-5-14-35(4)17-13-27(6-2)32-23(3)30-28-19-25(11-12-29(28)33-34-30)26-18-24(20-31-21-26)22-36-15-9-7-8-10-16-36/h1,11-12,18-21,27,32H,3,6-10,13-17,22H2,2,4H3,(H,33,34). The summed E-state index contributed by atoms with van der Waals surface area (Å²) >= 11 is 0. The molecule has 1 unspecified atom stereocenters. The number of hydrogen-bond acceptors (Lipinski definition) is 5. The average Bonchev–Trinajstić information content (AvgIpc) is 3.15. The Bertz CT molecular complexity index is 1180. The number of nitrogens with zero attached hydrogens (tertiary/aromatic N) is 4. The lowest BCUT2D eigenvalue weighted by atomic mass is 10.0. The second kappa shape index (κ2) is 12.7. The maximum atomic E-state index is 5.44. The molecule has 0 spiro atoms. The molecule has 1 fully saturated rings. The maximum Gasteiger partial charge on any atom is 0.115 e. The molecule has 1 aromatic carbocycles. The third kappa shape index (κ3) is 6.75. The summed E-state index contributed by atoms with van der Waals surface area (Å²) in [5, 5.41) is 12.4. The van der Waals surface area contributed by atoms with E-state index >= 15 is 0 Å². The zero-order valence-corrected chi connectivity index (χ0v) is 21.9. The van der Waals surface area contributed by atoms with Crippen molar-refractivity contribution >= 4 is 16.6 Å². The highest BCUT2D eigenvalue weighted by molar-refractivity contribution is 5.92. The van der Waals surface area contributed by atoms with Gasteiger partial charge in [0.2, 0.25) is 0 Å². The highest BCUT2D eigenvalue weighted by Gasteiger charge is 2.15. The molecule has 0 amide bonds. The predicted molar refractivity (Wildman–Crippen MR) is 150 cm³/mol. The van der Waals surface area contributed by atoms with Crippen LogP contribution >= 0.6 is 0 Å². The highest BCUT2D eigenvalue weighted by atomic mass is 15.1. The van der Waals surface area contributed by atoms with E-state index in [2.05, 4.69) is 81.0 Å². The Morgan fingerprint density at radius 2 is 2.00 bits per heavy atom. The summed E-state index contributed by atoms with van der Waals surface area (Å²) in [4.78, 5) is 9.31. The summed E-state index contributed by atoms with van der Waals surface area (Å²) in [7, 11) is 2.06. The van der Waals surface area contributed by atoms with Crippen LogP contribution in [-0.4, -0.2) is 64.2 Å². The number of aromatic nitrogens is 3. The molecular formula is C30H40N6. The number of hydrogen-bond donors (Lipinski definition) is 2. The summed E-state index contributed by atoms with van der Waals surface area (Å²) in [6.07, 6.45) is 16.7. The SMILES string of the molecule is C#CCN(C)CCC(CC)NC(=C)c1n[nH]c2ccc(-c3cncc(CN4CCCCCC4)c3)cc12. The van der Waals surface area contributed by atoms with Crippen LogP contribution in [0.1, 0.15) is 56.7 Å². The number of aromatic amines is 1. The topological polar surface area (TPSA) is 60.1 Å². The molecule has 1 saturated heterocycles. The molecule has 2 aromatic heterocycles. The van der Waals surface area contributed by atoms with Gasteiger partial charge in [-0.3, -0.25) is 19.9 Å². The quantitative estimate of drug-likeness (QED) is 0.362. The molecule has 190 valence electrons. The first kappa shape index (κ1) is 25.9. The van der Waals surface area contributed by atoms with Crippen LogP contribution in [0.25, 0.3) is 27.7 Å². The molecule has 2 N–H and O–H groups in total. The van der Waals surface area contributed by atoms with Crippen LogP contribution in [0.4, 0.5) is 0 Å². The number of benzene rings is 1. The smallest absolute Gasteiger partial charge is 0.115 e. The first-order valence-electron chi connectivity index (χ1n) is 13.3. The van der Waals surface area contributed by atoms with Crippen molar-refractivity contribution in [1.29, 1.82) is 0 Å². The molecule has 3 heterocycles. The summed E-state index contributed by atoms with van der Waals surface area (Å²) in [5.41, 5.74) is 6.28. The number of rotatable bonds is 11. The number of likely N-dealkylation sites (tertiary alicyclic amines) is 1. The predicted octanol–water partition coefficient (Wildman–Crippen LogP) is 5.29. The van der Waals surface area contributed by atoms with E-state index in [0.717, 1.165) is 59.4 Å². The van der Waals surface area contributed by atoms with Crippen LogP contribution in [0.15, 0.2) is 43.2 Å². The Kier molecular flexibility index (Phi) is 9.16. The number of nitrogens with one attached hydrogen (secondary N) is 2. The third-order valence-electron chi connectivity index (χ3n) is 7.17. The lowest BCUT2D eigenvalue weighted by molar-refractivity contribution is 0.277. The van der Waals surface area contributed by atoms with Crippen molar-refractivity contribution in [2.75, 3.05) is 33.2 Å². The molecule has 1 aliphatic rings. The monoisotopic (exact) mass is 484 g/mol. The van der Waals surface area contributed by atoms with Gasteiger partial charge in [0, 0.05) is 42.5 Å². The average molecular weight is 485 g/mol. The van der Waals surface area contributed by atoms with E-state index in [9.17, 15) is 0 Å². The van der Waals surface area contributed by atoms with Crippen LogP contribution in [-0.2, 0) is 6.54 Å². The maximum absolute atomic E-state index is 5.44.